The Morgan fingerprint density at radius 1 is 1.37 bits per heavy atom. The van der Waals surface area contributed by atoms with Gasteiger partial charge in [0.05, 0.1) is 12.3 Å². The molecule has 0 spiro atoms. The van der Waals surface area contributed by atoms with E-state index in [2.05, 4.69) is 18.7 Å². The molecule has 0 fully saturated rings. The molecule has 1 aromatic rings. The molecule has 1 unspecified atom stereocenters. The van der Waals surface area contributed by atoms with Crippen molar-refractivity contribution in [3.05, 3.63) is 29.6 Å². The monoisotopic (exact) mass is 268 g/mol. The highest BCUT2D eigenvalue weighted by Crippen LogP contribution is 2.30. The molecule has 0 aliphatic heterocycles. The van der Waals surface area contributed by atoms with Crippen LogP contribution in [0.4, 0.5) is 10.1 Å². The molecule has 19 heavy (non-hydrogen) atoms. The molecule has 0 saturated carbocycles. The van der Waals surface area contributed by atoms with Gasteiger partial charge in [0.2, 0.25) is 0 Å². The topological polar surface area (TPSA) is 38.5 Å². The third-order valence-corrected chi connectivity index (χ3v) is 3.45. The van der Waals surface area contributed by atoms with Gasteiger partial charge < -0.3 is 15.4 Å². The predicted octanol–water partition coefficient (Wildman–Crippen LogP) is 3.10. The summed E-state index contributed by atoms with van der Waals surface area (Å²) in [7, 11) is 1.66. The number of nitrogens with zero attached hydrogens (tertiary/aromatic N) is 1. The fourth-order valence-electron chi connectivity index (χ4n) is 2.17. The molecule has 1 aromatic carbocycles. The SMILES string of the molecule is CCC(C)N(CCOC)c1c(F)cccc1[C@H](C)N. The quantitative estimate of drug-likeness (QED) is 0.826. The van der Waals surface area contributed by atoms with E-state index in [1.165, 1.54) is 6.07 Å². The molecule has 2 atom stereocenters. The Kier molecular flexibility index (Phi) is 6.25. The molecule has 0 bridgehead atoms. The summed E-state index contributed by atoms with van der Waals surface area (Å²) in [5.74, 6) is -0.216. The molecular formula is C15H25FN2O. The Labute approximate surface area is 115 Å². The molecule has 0 aromatic heterocycles. The minimum absolute atomic E-state index is 0.195. The molecule has 0 aliphatic carbocycles. The first-order chi connectivity index (χ1) is 9.02. The average Bonchev–Trinajstić information content (AvgIpc) is 2.39. The number of rotatable bonds is 7. The molecule has 0 heterocycles. The molecule has 0 saturated heterocycles. The summed E-state index contributed by atoms with van der Waals surface area (Å²) < 4.78 is 19.4. The second-order valence-corrected chi connectivity index (χ2v) is 4.91. The summed E-state index contributed by atoms with van der Waals surface area (Å²) in [5.41, 5.74) is 7.43. The van der Waals surface area contributed by atoms with Crippen LogP contribution in [-0.2, 0) is 4.74 Å². The van der Waals surface area contributed by atoms with Crippen LogP contribution in [-0.4, -0.2) is 26.3 Å². The van der Waals surface area contributed by atoms with Crippen molar-refractivity contribution >= 4 is 5.69 Å². The standard InChI is InChI=1S/C15H25FN2O/c1-5-11(2)18(9-10-19-4)15-13(12(3)17)7-6-8-14(15)16/h6-8,11-12H,5,9-10,17H2,1-4H3/t11?,12-/m0/s1. The first-order valence-electron chi connectivity index (χ1n) is 6.82. The van der Waals surface area contributed by atoms with Gasteiger partial charge in [0.1, 0.15) is 5.82 Å². The summed E-state index contributed by atoms with van der Waals surface area (Å²) in [4.78, 5) is 2.05. The third kappa shape index (κ3) is 3.91. The summed E-state index contributed by atoms with van der Waals surface area (Å²) in [6.45, 7) is 7.29. The number of anilines is 1. The normalized spacial score (nSPS) is 14.2. The Balaban J connectivity index is 3.20. The summed E-state index contributed by atoms with van der Waals surface area (Å²) in [6, 6.07) is 5.14. The van der Waals surface area contributed by atoms with E-state index in [-0.39, 0.29) is 17.9 Å². The van der Waals surface area contributed by atoms with Crippen molar-refractivity contribution in [1.29, 1.82) is 0 Å². The van der Waals surface area contributed by atoms with E-state index in [4.69, 9.17) is 10.5 Å². The number of benzene rings is 1. The number of halogens is 1. The Morgan fingerprint density at radius 3 is 2.58 bits per heavy atom. The van der Waals surface area contributed by atoms with Crippen LogP contribution in [0.1, 0.15) is 38.8 Å². The van der Waals surface area contributed by atoms with E-state index in [1.807, 2.05) is 13.0 Å². The van der Waals surface area contributed by atoms with Crippen LogP contribution in [0.5, 0.6) is 0 Å². The van der Waals surface area contributed by atoms with E-state index >= 15 is 0 Å². The van der Waals surface area contributed by atoms with E-state index in [1.54, 1.807) is 13.2 Å². The molecule has 108 valence electrons. The lowest BCUT2D eigenvalue weighted by Crippen LogP contribution is -2.37. The Hall–Kier alpha value is -1.13. The maximum absolute atomic E-state index is 14.2. The van der Waals surface area contributed by atoms with Crippen LogP contribution < -0.4 is 10.6 Å². The first-order valence-corrected chi connectivity index (χ1v) is 6.82. The zero-order valence-electron chi connectivity index (χ0n) is 12.3. The molecule has 0 aliphatic rings. The minimum atomic E-state index is -0.216. The highest BCUT2D eigenvalue weighted by atomic mass is 19.1. The second-order valence-electron chi connectivity index (χ2n) is 4.91. The van der Waals surface area contributed by atoms with Gasteiger partial charge in [-0.1, -0.05) is 19.1 Å². The Morgan fingerprint density at radius 2 is 2.05 bits per heavy atom. The lowest BCUT2D eigenvalue weighted by Gasteiger charge is -2.33. The van der Waals surface area contributed by atoms with Crippen molar-refractivity contribution in [1.82, 2.24) is 0 Å². The van der Waals surface area contributed by atoms with Crippen LogP contribution in [0.2, 0.25) is 0 Å². The van der Waals surface area contributed by atoms with Gasteiger partial charge in [-0.3, -0.25) is 0 Å². The van der Waals surface area contributed by atoms with Crippen LogP contribution in [0, 0.1) is 5.82 Å². The van der Waals surface area contributed by atoms with E-state index in [9.17, 15) is 4.39 Å². The zero-order valence-corrected chi connectivity index (χ0v) is 12.3. The van der Waals surface area contributed by atoms with Crippen molar-refractivity contribution in [2.75, 3.05) is 25.2 Å². The van der Waals surface area contributed by atoms with Crippen LogP contribution in [0.3, 0.4) is 0 Å². The first kappa shape index (κ1) is 15.9. The molecule has 0 amide bonds. The van der Waals surface area contributed by atoms with Crippen molar-refractivity contribution in [2.24, 2.45) is 5.73 Å². The van der Waals surface area contributed by atoms with Crippen LogP contribution in [0.15, 0.2) is 18.2 Å². The van der Waals surface area contributed by atoms with Gasteiger partial charge in [0.15, 0.2) is 0 Å². The van der Waals surface area contributed by atoms with Crippen molar-refractivity contribution < 1.29 is 9.13 Å². The van der Waals surface area contributed by atoms with Gasteiger partial charge in [0, 0.05) is 25.7 Å². The molecule has 0 radical (unpaired) electrons. The van der Waals surface area contributed by atoms with Crippen LogP contribution in [0.25, 0.3) is 0 Å². The van der Waals surface area contributed by atoms with Crippen LogP contribution >= 0.6 is 0 Å². The molecule has 4 heteroatoms. The number of para-hydroxylation sites is 1. The second kappa shape index (κ2) is 7.46. The minimum Gasteiger partial charge on any atom is -0.383 e. The van der Waals surface area contributed by atoms with Gasteiger partial charge in [-0.05, 0) is 31.9 Å². The summed E-state index contributed by atoms with van der Waals surface area (Å²) >= 11 is 0. The molecule has 1 rings (SSSR count). The van der Waals surface area contributed by atoms with Gasteiger partial charge in [-0.15, -0.1) is 0 Å². The molecule has 3 nitrogen and oxygen atoms in total. The van der Waals surface area contributed by atoms with Crippen molar-refractivity contribution in [2.45, 2.75) is 39.3 Å². The zero-order chi connectivity index (χ0) is 14.4. The van der Waals surface area contributed by atoms with Gasteiger partial charge in [0.25, 0.3) is 0 Å². The Bertz CT molecular complexity index is 396. The van der Waals surface area contributed by atoms with E-state index < -0.39 is 0 Å². The highest BCUT2D eigenvalue weighted by molar-refractivity contribution is 5.56. The average molecular weight is 268 g/mol. The fourth-order valence-corrected chi connectivity index (χ4v) is 2.17. The predicted molar refractivity (Wildman–Crippen MR) is 78.0 cm³/mol. The highest BCUT2D eigenvalue weighted by Gasteiger charge is 2.21. The lowest BCUT2D eigenvalue weighted by molar-refractivity contribution is 0.203. The number of methoxy groups -OCH3 is 1. The van der Waals surface area contributed by atoms with E-state index in [0.29, 0.717) is 18.8 Å². The fraction of sp³-hybridized carbons (Fsp3) is 0.600. The largest absolute Gasteiger partial charge is 0.383 e. The van der Waals surface area contributed by atoms with E-state index in [0.717, 1.165) is 12.0 Å². The summed E-state index contributed by atoms with van der Waals surface area (Å²) in [5, 5.41) is 0. The maximum Gasteiger partial charge on any atom is 0.146 e. The van der Waals surface area contributed by atoms with Gasteiger partial charge >= 0.3 is 0 Å². The lowest BCUT2D eigenvalue weighted by atomic mass is 10.0. The van der Waals surface area contributed by atoms with Crippen molar-refractivity contribution in [3.63, 3.8) is 0 Å². The van der Waals surface area contributed by atoms with Gasteiger partial charge in [-0.25, -0.2) is 4.39 Å². The van der Waals surface area contributed by atoms with Gasteiger partial charge in [-0.2, -0.15) is 0 Å². The van der Waals surface area contributed by atoms with Crippen molar-refractivity contribution in [3.8, 4) is 0 Å². The molecule has 2 N–H and O–H groups in total. The molecular weight excluding hydrogens is 243 g/mol. The summed E-state index contributed by atoms with van der Waals surface area (Å²) in [6.07, 6.45) is 0.941. The maximum atomic E-state index is 14.2. The number of nitrogens with two attached hydrogens (primary N) is 1. The number of hydrogen-bond acceptors (Lipinski definition) is 3. The number of hydrogen-bond donors (Lipinski definition) is 1. The number of ether oxygens (including phenoxy) is 1. The third-order valence-electron chi connectivity index (χ3n) is 3.45. The smallest absolute Gasteiger partial charge is 0.146 e.